The monoisotopic (exact) mass is 422 g/mol. The molecule has 0 unspecified atom stereocenters. The maximum absolute atomic E-state index is 3.87. The lowest BCUT2D eigenvalue weighted by Crippen LogP contribution is -1.92. The standard InChI is InChI=1S/C27H19Br/c1-18-8-2-5-11-21(18)24-16-14-19-9-3-6-12-22(19)26(24)27-23-13-7-4-10-20(23)15-17-25(27)28/h2-17H,1H3. The molecule has 1 heteroatoms. The molecule has 0 amide bonds. The molecule has 28 heavy (non-hydrogen) atoms. The topological polar surface area (TPSA) is 0 Å². The molecule has 0 aliphatic rings. The van der Waals surface area contributed by atoms with Gasteiger partial charge in [-0.3, -0.25) is 0 Å². The van der Waals surface area contributed by atoms with Crippen LogP contribution < -0.4 is 0 Å². The van der Waals surface area contributed by atoms with E-state index in [0.717, 1.165) is 4.47 Å². The Morgan fingerprint density at radius 2 is 1.07 bits per heavy atom. The minimum atomic E-state index is 1.12. The van der Waals surface area contributed by atoms with Gasteiger partial charge in [-0.05, 0) is 56.8 Å². The highest BCUT2D eigenvalue weighted by Gasteiger charge is 2.17. The summed E-state index contributed by atoms with van der Waals surface area (Å²) in [5.74, 6) is 0. The molecule has 134 valence electrons. The van der Waals surface area contributed by atoms with E-state index in [1.807, 2.05) is 0 Å². The van der Waals surface area contributed by atoms with E-state index >= 15 is 0 Å². The number of hydrogen-bond acceptors (Lipinski definition) is 0. The van der Waals surface area contributed by atoms with E-state index in [0.29, 0.717) is 0 Å². The fourth-order valence-corrected chi connectivity index (χ4v) is 4.68. The fraction of sp³-hybridized carbons (Fsp3) is 0.0370. The zero-order chi connectivity index (χ0) is 19.1. The largest absolute Gasteiger partial charge is 0.0620 e. The Hall–Kier alpha value is -2.90. The van der Waals surface area contributed by atoms with Crippen LogP contribution >= 0.6 is 15.9 Å². The van der Waals surface area contributed by atoms with Gasteiger partial charge in [-0.1, -0.05) is 107 Å². The Morgan fingerprint density at radius 1 is 0.500 bits per heavy atom. The molecular weight excluding hydrogens is 404 g/mol. The Bertz CT molecular complexity index is 1330. The van der Waals surface area contributed by atoms with Crippen molar-refractivity contribution in [3.63, 3.8) is 0 Å². The van der Waals surface area contributed by atoms with E-state index in [9.17, 15) is 0 Å². The van der Waals surface area contributed by atoms with Gasteiger partial charge >= 0.3 is 0 Å². The summed E-state index contributed by atoms with van der Waals surface area (Å²) in [5, 5.41) is 5.06. The first-order valence-electron chi connectivity index (χ1n) is 9.49. The number of benzene rings is 5. The van der Waals surface area contributed by atoms with Crippen molar-refractivity contribution in [3.05, 3.63) is 107 Å². The van der Waals surface area contributed by atoms with Crippen LogP contribution in [-0.4, -0.2) is 0 Å². The SMILES string of the molecule is Cc1ccccc1-c1ccc2ccccc2c1-c1c(Br)ccc2ccccc12. The fourth-order valence-electron chi connectivity index (χ4n) is 4.14. The molecule has 0 nitrogen and oxygen atoms in total. The maximum atomic E-state index is 3.87. The molecule has 0 aromatic heterocycles. The molecule has 0 saturated carbocycles. The van der Waals surface area contributed by atoms with E-state index in [2.05, 4.69) is 120 Å². The summed E-state index contributed by atoms with van der Waals surface area (Å²) in [5.41, 5.74) is 6.39. The van der Waals surface area contributed by atoms with Crippen LogP contribution in [0.2, 0.25) is 0 Å². The average Bonchev–Trinajstić information content (AvgIpc) is 2.74. The second-order valence-electron chi connectivity index (χ2n) is 7.17. The Kier molecular flexibility index (Phi) is 4.26. The van der Waals surface area contributed by atoms with Gasteiger partial charge in [0.05, 0.1) is 0 Å². The van der Waals surface area contributed by atoms with Crippen LogP contribution in [0.5, 0.6) is 0 Å². The van der Waals surface area contributed by atoms with E-state index in [4.69, 9.17) is 0 Å². The van der Waals surface area contributed by atoms with E-state index in [1.54, 1.807) is 0 Å². The summed E-state index contributed by atoms with van der Waals surface area (Å²) in [6, 6.07) is 34.8. The Morgan fingerprint density at radius 3 is 1.79 bits per heavy atom. The third-order valence-corrected chi connectivity index (χ3v) is 6.15. The minimum absolute atomic E-state index is 1.12. The van der Waals surface area contributed by atoms with Gasteiger partial charge in [0.25, 0.3) is 0 Å². The lowest BCUT2D eigenvalue weighted by Gasteiger charge is -2.18. The lowest BCUT2D eigenvalue weighted by atomic mass is 9.86. The average molecular weight is 423 g/mol. The molecule has 5 aromatic rings. The van der Waals surface area contributed by atoms with Gasteiger partial charge in [0, 0.05) is 10.0 Å². The van der Waals surface area contributed by atoms with Gasteiger partial charge in [-0.2, -0.15) is 0 Å². The van der Waals surface area contributed by atoms with Crippen molar-refractivity contribution in [1.82, 2.24) is 0 Å². The van der Waals surface area contributed by atoms with E-state index in [1.165, 1.54) is 49.4 Å². The molecule has 5 aromatic carbocycles. The van der Waals surface area contributed by atoms with Gasteiger partial charge in [0.15, 0.2) is 0 Å². The van der Waals surface area contributed by atoms with Crippen molar-refractivity contribution in [2.24, 2.45) is 0 Å². The van der Waals surface area contributed by atoms with Gasteiger partial charge in [0.2, 0.25) is 0 Å². The number of halogens is 1. The molecule has 0 atom stereocenters. The zero-order valence-electron chi connectivity index (χ0n) is 15.6. The third kappa shape index (κ3) is 2.75. The first-order chi connectivity index (χ1) is 13.7. The van der Waals surface area contributed by atoms with E-state index < -0.39 is 0 Å². The third-order valence-electron chi connectivity index (χ3n) is 5.49. The predicted molar refractivity (Wildman–Crippen MR) is 125 cm³/mol. The molecule has 0 fully saturated rings. The second-order valence-corrected chi connectivity index (χ2v) is 8.02. The van der Waals surface area contributed by atoms with Gasteiger partial charge in [-0.15, -0.1) is 0 Å². The quantitative estimate of drug-likeness (QED) is 0.267. The number of hydrogen-bond donors (Lipinski definition) is 0. The lowest BCUT2D eigenvalue weighted by molar-refractivity contribution is 1.46. The number of rotatable bonds is 2. The summed E-state index contributed by atoms with van der Waals surface area (Å²) in [6.45, 7) is 2.19. The highest BCUT2D eigenvalue weighted by molar-refractivity contribution is 9.10. The molecule has 0 spiro atoms. The van der Waals surface area contributed by atoms with Crippen molar-refractivity contribution in [3.8, 4) is 22.3 Å². The van der Waals surface area contributed by atoms with Gasteiger partial charge in [0.1, 0.15) is 0 Å². The van der Waals surface area contributed by atoms with Gasteiger partial charge < -0.3 is 0 Å². The van der Waals surface area contributed by atoms with Crippen LogP contribution in [0.15, 0.2) is 102 Å². The van der Waals surface area contributed by atoms with Crippen molar-refractivity contribution in [1.29, 1.82) is 0 Å². The zero-order valence-corrected chi connectivity index (χ0v) is 17.2. The summed E-state index contributed by atoms with van der Waals surface area (Å²) >= 11 is 3.87. The van der Waals surface area contributed by atoms with Crippen LogP contribution in [0, 0.1) is 6.92 Å². The first-order valence-corrected chi connectivity index (χ1v) is 10.3. The van der Waals surface area contributed by atoms with Crippen molar-refractivity contribution < 1.29 is 0 Å². The van der Waals surface area contributed by atoms with Crippen LogP contribution in [0.25, 0.3) is 43.8 Å². The Balaban J connectivity index is 1.99. The molecule has 0 N–H and O–H groups in total. The van der Waals surface area contributed by atoms with Gasteiger partial charge in [-0.25, -0.2) is 0 Å². The molecule has 0 radical (unpaired) electrons. The molecule has 0 aliphatic heterocycles. The van der Waals surface area contributed by atoms with Crippen LogP contribution in [0.3, 0.4) is 0 Å². The number of fused-ring (bicyclic) bond motifs is 2. The smallest absolute Gasteiger partial charge is 0.0260 e. The van der Waals surface area contributed by atoms with Crippen LogP contribution in [-0.2, 0) is 0 Å². The molecular formula is C27H19Br. The molecule has 0 bridgehead atoms. The molecule has 0 aliphatic carbocycles. The highest BCUT2D eigenvalue weighted by Crippen LogP contribution is 2.44. The van der Waals surface area contributed by atoms with E-state index in [-0.39, 0.29) is 0 Å². The maximum Gasteiger partial charge on any atom is 0.0260 e. The first kappa shape index (κ1) is 17.2. The predicted octanol–water partition coefficient (Wildman–Crippen LogP) is 8.40. The van der Waals surface area contributed by atoms with Crippen LogP contribution in [0.4, 0.5) is 0 Å². The second kappa shape index (κ2) is 6.92. The van der Waals surface area contributed by atoms with Crippen molar-refractivity contribution in [2.75, 3.05) is 0 Å². The van der Waals surface area contributed by atoms with Crippen molar-refractivity contribution in [2.45, 2.75) is 6.92 Å². The summed E-state index contributed by atoms with van der Waals surface area (Å²) in [6.07, 6.45) is 0. The molecule has 0 saturated heterocycles. The van der Waals surface area contributed by atoms with Crippen molar-refractivity contribution >= 4 is 37.5 Å². The Labute approximate surface area is 173 Å². The summed E-state index contributed by atoms with van der Waals surface area (Å²) in [7, 11) is 0. The minimum Gasteiger partial charge on any atom is -0.0620 e. The normalized spacial score (nSPS) is 11.2. The molecule has 0 heterocycles. The molecule has 5 rings (SSSR count). The highest BCUT2D eigenvalue weighted by atomic mass is 79.9. The summed E-state index contributed by atoms with van der Waals surface area (Å²) < 4.78 is 1.12. The number of aryl methyl sites for hydroxylation is 1. The summed E-state index contributed by atoms with van der Waals surface area (Å²) in [4.78, 5) is 0. The van der Waals surface area contributed by atoms with Crippen LogP contribution in [0.1, 0.15) is 5.56 Å².